The molecule has 2 rings (SSSR count). The molecule has 0 saturated heterocycles. The number of carbonyl (C=O) groups is 1. The summed E-state index contributed by atoms with van der Waals surface area (Å²) < 4.78 is 21.5. The zero-order valence-corrected chi connectivity index (χ0v) is 11.9. The lowest BCUT2D eigenvalue weighted by atomic mass is 10.1. The maximum absolute atomic E-state index is 11.6. The average molecular weight is 283 g/mol. The predicted molar refractivity (Wildman–Crippen MR) is 69.6 cm³/mol. The van der Waals surface area contributed by atoms with Gasteiger partial charge in [-0.05, 0) is 12.0 Å². The van der Waals surface area contributed by atoms with Crippen LogP contribution in [0.5, 0.6) is 0 Å². The van der Waals surface area contributed by atoms with E-state index in [9.17, 15) is 4.79 Å². The van der Waals surface area contributed by atoms with E-state index in [0.717, 1.165) is 10.8 Å². The molecule has 1 aromatic carbocycles. The molecule has 0 saturated carbocycles. The largest absolute Gasteiger partial charge is 0.539 e. The summed E-state index contributed by atoms with van der Waals surface area (Å²) >= 11 is 0. The van der Waals surface area contributed by atoms with Gasteiger partial charge in [-0.2, -0.15) is 0 Å². The Morgan fingerprint density at radius 3 is 2.68 bits per heavy atom. The van der Waals surface area contributed by atoms with Crippen molar-refractivity contribution in [2.45, 2.75) is 12.5 Å². The van der Waals surface area contributed by atoms with Crippen molar-refractivity contribution in [2.75, 3.05) is 21.0 Å². The van der Waals surface area contributed by atoms with Gasteiger partial charge in [-0.25, -0.2) is 0 Å². The zero-order valence-electron chi connectivity index (χ0n) is 10.9. The van der Waals surface area contributed by atoms with Gasteiger partial charge in [0.25, 0.3) is 0 Å². The van der Waals surface area contributed by atoms with Crippen molar-refractivity contribution in [3.05, 3.63) is 29.8 Å². The fourth-order valence-electron chi connectivity index (χ4n) is 2.09. The lowest BCUT2D eigenvalue weighted by Gasteiger charge is -2.27. The maximum atomic E-state index is 11.6. The molecule has 0 bridgehead atoms. The summed E-state index contributed by atoms with van der Waals surface area (Å²) in [7, 11) is -0.0181. The normalized spacial score (nSPS) is 22.7. The first-order chi connectivity index (χ1) is 9.13. The molecule has 1 aliphatic rings. The van der Waals surface area contributed by atoms with Gasteiger partial charge in [-0.3, -0.25) is 4.79 Å². The van der Waals surface area contributed by atoms with Gasteiger partial charge in [0.15, 0.2) is 6.79 Å². The molecule has 0 amide bonds. The van der Waals surface area contributed by atoms with Crippen LogP contribution in [0.4, 0.5) is 0 Å². The lowest BCUT2D eigenvalue weighted by Crippen LogP contribution is -2.56. The molecular formula is C12H17NO5Si. The quantitative estimate of drug-likeness (QED) is 0.584. The molecule has 0 aliphatic carbocycles. The molecule has 7 heteroatoms. The van der Waals surface area contributed by atoms with Crippen LogP contribution in [0.2, 0.25) is 0 Å². The highest BCUT2D eigenvalue weighted by molar-refractivity contribution is 6.75. The first kappa shape index (κ1) is 14.2. The molecule has 19 heavy (non-hydrogen) atoms. The van der Waals surface area contributed by atoms with Crippen LogP contribution in [0.1, 0.15) is 5.56 Å². The van der Waals surface area contributed by atoms with E-state index in [1.54, 1.807) is 0 Å². The van der Waals surface area contributed by atoms with E-state index in [1.165, 1.54) is 14.2 Å². The van der Waals surface area contributed by atoms with Crippen molar-refractivity contribution in [2.24, 2.45) is 5.73 Å². The Morgan fingerprint density at radius 1 is 1.32 bits per heavy atom. The van der Waals surface area contributed by atoms with E-state index in [2.05, 4.69) is 0 Å². The Kier molecular flexibility index (Phi) is 4.33. The van der Waals surface area contributed by atoms with E-state index in [4.69, 9.17) is 23.7 Å². The summed E-state index contributed by atoms with van der Waals surface area (Å²) in [6.45, 7) is -0.227. The smallest absolute Gasteiger partial charge is 0.438 e. The first-order valence-electron chi connectivity index (χ1n) is 5.88. The third-order valence-corrected chi connectivity index (χ3v) is 5.80. The Balaban J connectivity index is 2.49. The number of nitrogens with two attached hydrogens (primary N) is 1. The number of benzene rings is 1. The van der Waals surface area contributed by atoms with Crippen molar-refractivity contribution in [3.63, 3.8) is 0 Å². The number of hydrogen-bond donors (Lipinski definition) is 1. The second kappa shape index (κ2) is 5.80. The van der Waals surface area contributed by atoms with Crippen molar-refractivity contribution < 1.29 is 22.8 Å². The zero-order chi connectivity index (χ0) is 13.9. The topological polar surface area (TPSA) is 80.0 Å². The van der Waals surface area contributed by atoms with E-state index in [1.807, 2.05) is 24.3 Å². The standard InChI is InChI=1S/C12H17NO5Si/c1-15-19(16-2)11-6-4-3-5-9(11)7-10(13)12(14)17-8-18-19/h3-6,10H,7-8,13H2,1-2H3. The van der Waals surface area contributed by atoms with Gasteiger partial charge in [-0.1, -0.05) is 24.3 Å². The number of esters is 1. The van der Waals surface area contributed by atoms with Gasteiger partial charge >= 0.3 is 14.8 Å². The number of cyclic esters (lactones) is 1. The highest BCUT2D eigenvalue weighted by atomic mass is 28.4. The fraction of sp³-hybridized carbons (Fsp3) is 0.417. The summed E-state index contributed by atoms with van der Waals surface area (Å²) in [5.41, 5.74) is 6.69. The molecule has 6 nitrogen and oxygen atoms in total. The molecule has 2 N–H and O–H groups in total. The summed E-state index contributed by atoms with van der Waals surface area (Å²) in [5, 5.41) is 0.814. The van der Waals surface area contributed by atoms with Gasteiger partial charge in [0, 0.05) is 19.4 Å². The minimum atomic E-state index is -3.06. The number of carbonyl (C=O) groups excluding carboxylic acids is 1. The molecule has 1 aromatic rings. The van der Waals surface area contributed by atoms with Gasteiger partial charge in [0.05, 0.1) is 0 Å². The molecule has 0 fully saturated rings. The Labute approximate surface area is 112 Å². The van der Waals surface area contributed by atoms with Crippen LogP contribution >= 0.6 is 0 Å². The van der Waals surface area contributed by atoms with E-state index in [0.29, 0.717) is 6.42 Å². The second-order valence-electron chi connectivity index (χ2n) is 4.16. The molecular weight excluding hydrogens is 266 g/mol. The SMILES string of the molecule is CO[Si]1(OC)OCOC(=O)C(N)Cc2ccccc21. The summed E-state index contributed by atoms with van der Waals surface area (Å²) in [5.74, 6) is -0.494. The Morgan fingerprint density at radius 2 is 2.00 bits per heavy atom. The van der Waals surface area contributed by atoms with E-state index < -0.39 is 20.8 Å². The Hall–Kier alpha value is -1.25. The summed E-state index contributed by atoms with van der Waals surface area (Å²) in [6.07, 6.45) is 0.361. The number of fused-ring (bicyclic) bond motifs is 1. The maximum Gasteiger partial charge on any atom is 0.539 e. The van der Waals surface area contributed by atoms with Crippen LogP contribution < -0.4 is 10.9 Å². The van der Waals surface area contributed by atoms with Gasteiger partial charge < -0.3 is 23.7 Å². The average Bonchev–Trinajstić information content (AvgIpc) is 2.48. The van der Waals surface area contributed by atoms with Crippen molar-refractivity contribution >= 4 is 20.0 Å². The van der Waals surface area contributed by atoms with Crippen molar-refractivity contribution in [1.82, 2.24) is 0 Å². The van der Waals surface area contributed by atoms with Gasteiger partial charge in [-0.15, -0.1) is 0 Å². The van der Waals surface area contributed by atoms with Crippen LogP contribution in [0.15, 0.2) is 24.3 Å². The fourth-order valence-corrected chi connectivity index (χ4v) is 4.18. The number of rotatable bonds is 2. The van der Waals surface area contributed by atoms with Gasteiger partial charge in [0.2, 0.25) is 0 Å². The molecule has 1 atom stereocenters. The summed E-state index contributed by atoms with van der Waals surface area (Å²) in [4.78, 5) is 11.6. The molecule has 0 radical (unpaired) electrons. The number of ether oxygens (including phenoxy) is 1. The molecule has 1 heterocycles. The highest BCUT2D eigenvalue weighted by Gasteiger charge is 2.45. The molecule has 1 aliphatic heterocycles. The monoisotopic (exact) mass is 283 g/mol. The van der Waals surface area contributed by atoms with Crippen LogP contribution in [-0.4, -0.2) is 41.8 Å². The van der Waals surface area contributed by atoms with Crippen LogP contribution in [0.3, 0.4) is 0 Å². The van der Waals surface area contributed by atoms with E-state index in [-0.39, 0.29) is 6.79 Å². The Bertz CT molecular complexity index is 463. The van der Waals surface area contributed by atoms with Crippen LogP contribution in [0, 0.1) is 0 Å². The highest BCUT2D eigenvalue weighted by Crippen LogP contribution is 2.15. The first-order valence-corrected chi connectivity index (χ1v) is 7.60. The van der Waals surface area contributed by atoms with Gasteiger partial charge in [0.1, 0.15) is 6.04 Å². The lowest BCUT2D eigenvalue weighted by molar-refractivity contribution is -0.153. The summed E-state index contributed by atoms with van der Waals surface area (Å²) in [6, 6.07) is 6.78. The van der Waals surface area contributed by atoms with Crippen LogP contribution in [-0.2, 0) is 29.2 Å². The minimum absolute atomic E-state index is 0.227. The van der Waals surface area contributed by atoms with Crippen molar-refractivity contribution in [3.8, 4) is 0 Å². The molecule has 0 spiro atoms. The van der Waals surface area contributed by atoms with Crippen LogP contribution in [0.25, 0.3) is 0 Å². The molecule has 0 aromatic heterocycles. The van der Waals surface area contributed by atoms with Crippen molar-refractivity contribution in [1.29, 1.82) is 0 Å². The second-order valence-corrected chi connectivity index (χ2v) is 6.91. The predicted octanol–water partition coefficient (Wildman–Crippen LogP) is -0.474. The molecule has 1 unspecified atom stereocenters. The van der Waals surface area contributed by atoms with E-state index >= 15 is 0 Å². The third kappa shape index (κ3) is 2.70. The minimum Gasteiger partial charge on any atom is -0.438 e. The third-order valence-electron chi connectivity index (χ3n) is 3.08. The molecule has 104 valence electrons. The number of hydrogen-bond acceptors (Lipinski definition) is 6.